The Morgan fingerprint density at radius 1 is 1.33 bits per heavy atom. The van der Waals surface area contributed by atoms with Crippen LogP contribution in [0.2, 0.25) is 5.02 Å². The highest BCUT2D eigenvalue weighted by Gasteiger charge is 2.12. The van der Waals surface area contributed by atoms with Gasteiger partial charge < -0.3 is 14.6 Å². The van der Waals surface area contributed by atoms with Crippen LogP contribution >= 0.6 is 11.6 Å². The summed E-state index contributed by atoms with van der Waals surface area (Å²) in [6, 6.07) is 3.80. The van der Waals surface area contributed by atoms with E-state index in [1.807, 2.05) is 26.0 Å². The molecule has 2 rings (SSSR count). The number of halogens is 1. The van der Waals surface area contributed by atoms with E-state index in [4.69, 9.17) is 16.3 Å². The first-order chi connectivity index (χ1) is 9.90. The van der Waals surface area contributed by atoms with Crippen molar-refractivity contribution in [3.63, 3.8) is 0 Å². The number of nitrogens with one attached hydrogen (secondary N) is 1. The third-order valence-corrected chi connectivity index (χ3v) is 3.59. The van der Waals surface area contributed by atoms with Crippen LogP contribution in [0.5, 0.6) is 5.75 Å². The standard InChI is InChI=1S/C16H22ClN3O/c1-10(2)8-20-9-12(4)18-16(20)19-14-6-11(3)13(17)7-15(14)21-5/h6-7,9-10H,8H2,1-5H3,(H,18,19). The fourth-order valence-corrected chi connectivity index (χ4v) is 2.38. The number of ether oxygens (including phenoxy) is 1. The van der Waals surface area contributed by atoms with E-state index >= 15 is 0 Å². The van der Waals surface area contributed by atoms with E-state index in [-0.39, 0.29) is 0 Å². The molecule has 0 amide bonds. The molecular formula is C16H22ClN3O. The average Bonchev–Trinajstić information content (AvgIpc) is 2.72. The topological polar surface area (TPSA) is 39.1 Å². The van der Waals surface area contributed by atoms with Gasteiger partial charge >= 0.3 is 0 Å². The van der Waals surface area contributed by atoms with Gasteiger partial charge in [-0.05, 0) is 31.4 Å². The van der Waals surface area contributed by atoms with Crippen LogP contribution in [0.25, 0.3) is 0 Å². The van der Waals surface area contributed by atoms with Crippen molar-refractivity contribution < 1.29 is 4.74 Å². The van der Waals surface area contributed by atoms with Gasteiger partial charge in [0.15, 0.2) is 0 Å². The zero-order chi connectivity index (χ0) is 15.6. The van der Waals surface area contributed by atoms with Gasteiger partial charge in [0.2, 0.25) is 5.95 Å². The van der Waals surface area contributed by atoms with Crippen molar-refractivity contribution in [2.24, 2.45) is 5.92 Å². The van der Waals surface area contributed by atoms with Crippen molar-refractivity contribution >= 4 is 23.2 Å². The molecule has 0 saturated carbocycles. The van der Waals surface area contributed by atoms with Crippen molar-refractivity contribution in [2.45, 2.75) is 34.2 Å². The quantitative estimate of drug-likeness (QED) is 0.880. The van der Waals surface area contributed by atoms with Crippen LogP contribution in [-0.4, -0.2) is 16.7 Å². The fourth-order valence-electron chi connectivity index (χ4n) is 2.23. The van der Waals surface area contributed by atoms with E-state index in [0.717, 1.165) is 29.4 Å². The number of rotatable bonds is 5. The molecule has 1 N–H and O–H groups in total. The molecule has 0 bridgehead atoms. The van der Waals surface area contributed by atoms with E-state index in [9.17, 15) is 0 Å². The van der Waals surface area contributed by atoms with Gasteiger partial charge in [0.05, 0.1) is 18.5 Å². The highest BCUT2D eigenvalue weighted by molar-refractivity contribution is 6.31. The molecule has 0 saturated heterocycles. The lowest BCUT2D eigenvalue weighted by Crippen LogP contribution is -2.08. The van der Waals surface area contributed by atoms with E-state index < -0.39 is 0 Å². The van der Waals surface area contributed by atoms with Crippen molar-refractivity contribution in [3.8, 4) is 5.75 Å². The molecule has 0 aliphatic rings. The molecule has 1 aromatic carbocycles. The number of aromatic nitrogens is 2. The third-order valence-electron chi connectivity index (χ3n) is 3.19. The highest BCUT2D eigenvalue weighted by atomic mass is 35.5. The van der Waals surface area contributed by atoms with Crippen molar-refractivity contribution in [2.75, 3.05) is 12.4 Å². The molecule has 2 aromatic rings. The summed E-state index contributed by atoms with van der Waals surface area (Å²) in [6.45, 7) is 9.25. The van der Waals surface area contributed by atoms with Gasteiger partial charge in [-0.3, -0.25) is 0 Å². The predicted molar refractivity (Wildman–Crippen MR) is 87.8 cm³/mol. The summed E-state index contributed by atoms with van der Waals surface area (Å²) in [5.74, 6) is 2.08. The summed E-state index contributed by atoms with van der Waals surface area (Å²) in [5, 5.41) is 4.05. The van der Waals surface area contributed by atoms with Crippen LogP contribution in [0.3, 0.4) is 0 Å². The maximum absolute atomic E-state index is 6.14. The first-order valence-corrected chi connectivity index (χ1v) is 7.43. The molecule has 0 unspecified atom stereocenters. The number of aryl methyl sites for hydroxylation is 2. The molecule has 114 valence electrons. The molecule has 1 heterocycles. The lowest BCUT2D eigenvalue weighted by atomic mass is 10.2. The summed E-state index contributed by atoms with van der Waals surface area (Å²) in [5.41, 5.74) is 2.86. The Bertz CT molecular complexity index is 635. The minimum atomic E-state index is 0.549. The number of methoxy groups -OCH3 is 1. The minimum Gasteiger partial charge on any atom is -0.495 e. The Morgan fingerprint density at radius 3 is 2.67 bits per heavy atom. The average molecular weight is 308 g/mol. The number of nitrogens with zero attached hydrogens (tertiary/aromatic N) is 2. The fraction of sp³-hybridized carbons (Fsp3) is 0.438. The Balaban J connectivity index is 2.36. The number of anilines is 2. The first kappa shape index (κ1) is 15.7. The van der Waals surface area contributed by atoms with Gasteiger partial charge in [0, 0.05) is 23.8 Å². The van der Waals surface area contributed by atoms with Gasteiger partial charge in [-0.15, -0.1) is 0 Å². The van der Waals surface area contributed by atoms with Crippen molar-refractivity contribution in [3.05, 3.63) is 34.6 Å². The maximum Gasteiger partial charge on any atom is 0.207 e. The molecule has 1 aromatic heterocycles. The number of hydrogen-bond acceptors (Lipinski definition) is 3. The Kier molecular flexibility index (Phi) is 4.78. The van der Waals surface area contributed by atoms with Gasteiger partial charge in [-0.25, -0.2) is 4.98 Å². The number of hydrogen-bond donors (Lipinski definition) is 1. The molecule has 5 heteroatoms. The Labute approximate surface area is 131 Å². The van der Waals surface area contributed by atoms with Crippen molar-refractivity contribution in [1.29, 1.82) is 0 Å². The molecule has 0 atom stereocenters. The summed E-state index contributed by atoms with van der Waals surface area (Å²) >= 11 is 6.14. The molecular weight excluding hydrogens is 286 g/mol. The summed E-state index contributed by atoms with van der Waals surface area (Å²) in [4.78, 5) is 4.55. The SMILES string of the molecule is COc1cc(Cl)c(C)cc1Nc1nc(C)cn1CC(C)C. The Hall–Kier alpha value is -1.68. The Morgan fingerprint density at radius 2 is 2.05 bits per heavy atom. The monoisotopic (exact) mass is 307 g/mol. The van der Waals surface area contributed by atoms with Gasteiger partial charge in [-0.2, -0.15) is 0 Å². The van der Waals surface area contributed by atoms with Crippen LogP contribution in [0, 0.1) is 19.8 Å². The minimum absolute atomic E-state index is 0.549. The second kappa shape index (κ2) is 6.39. The van der Waals surface area contributed by atoms with Crippen LogP contribution in [0.15, 0.2) is 18.3 Å². The van der Waals surface area contributed by atoms with Crippen LogP contribution in [0.4, 0.5) is 11.6 Å². The zero-order valence-corrected chi connectivity index (χ0v) is 14.0. The molecule has 0 aliphatic carbocycles. The van der Waals surface area contributed by atoms with Crippen molar-refractivity contribution in [1.82, 2.24) is 9.55 Å². The second-order valence-corrected chi connectivity index (χ2v) is 6.09. The van der Waals surface area contributed by atoms with E-state index in [0.29, 0.717) is 16.7 Å². The molecule has 0 spiro atoms. The van der Waals surface area contributed by atoms with Gasteiger partial charge in [-0.1, -0.05) is 25.4 Å². The smallest absolute Gasteiger partial charge is 0.207 e. The normalized spacial score (nSPS) is 11.0. The molecule has 0 radical (unpaired) electrons. The van der Waals surface area contributed by atoms with Crippen LogP contribution in [-0.2, 0) is 6.54 Å². The van der Waals surface area contributed by atoms with Crippen LogP contribution in [0.1, 0.15) is 25.1 Å². The predicted octanol–water partition coefficient (Wildman–Crippen LogP) is 4.56. The highest BCUT2D eigenvalue weighted by Crippen LogP contribution is 2.33. The van der Waals surface area contributed by atoms with Gasteiger partial charge in [0.25, 0.3) is 0 Å². The summed E-state index contributed by atoms with van der Waals surface area (Å²) in [6.07, 6.45) is 2.05. The van der Waals surface area contributed by atoms with E-state index in [2.05, 4.69) is 34.9 Å². The molecule has 0 aliphatic heterocycles. The van der Waals surface area contributed by atoms with Crippen LogP contribution < -0.4 is 10.1 Å². The summed E-state index contributed by atoms with van der Waals surface area (Å²) in [7, 11) is 1.64. The van der Waals surface area contributed by atoms with E-state index in [1.54, 1.807) is 7.11 Å². The largest absolute Gasteiger partial charge is 0.495 e. The molecule has 4 nitrogen and oxygen atoms in total. The third kappa shape index (κ3) is 3.70. The number of benzene rings is 1. The zero-order valence-electron chi connectivity index (χ0n) is 13.2. The molecule has 21 heavy (non-hydrogen) atoms. The van der Waals surface area contributed by atoms with E-state index in [1.165, 1.54) is 0 Å². The maximum atomic E-state index is 6.14. The second-order valence-electron chi connectivity index (χ2n) is 5.68. The number of imidazole rings is 1. The first-order valence-electron chi connectivity index (χ1n) is 7.05. The molecule has 0 fully saturated rings. The summed E-state index contributed by atoms with van der Waals surface area (Å²) < 4.78 is 7.53. The lowest BCUT2D eigenvalue weighted by molar-refractivity contribution is 0.416. The van der Waals surface area contributed by atoms with Gasteiger partial charge in [0.1, 0.15) is 5.75 Å². The lowest BCUT2D eigenvalue weighted by Gasteiger charge is -2.15.